The van der Waals surface area contributed by atoms with Gasteiger partial charge in [-0.2, -0.15) is 0 Å². The highest BCUT2D eigenvalue weighted by Crippen LogP contribution is 2.28. The van der Waals surface area contributed by atoms with Gasteiger partial charge in [0.2, 0.25) is 5.91 Å². The number of carbonyl (C=O) groups excluding carboxylic acids is 1. The average Bonchev–Trinajstić information content (AvgIpc) is 2.93. The van der Waals surface area contributed by atoms with Crippen molar-refractivity contribution in [1.29, 1.82) is 0 Å². The largest absolute Gasteiger partial charge is 0.379 e. The van der Waals surface area contributed by atoms with Crippen LogP contribution in [0.2, 0.25) is 0 Å². The highest BCUT2D eigenvalue weighted by molar-refractivity contribution is 5.82. The van der Waals surface area contributed by atoms with E-state index in [4.69, 9.17) is 4.74 Å². The van der Waals surface area contributed by atoms with Crippen molar-refractivity contribution in [3.05, 3.63) is 42.1 Å². The van der Waals surface area contributed by atoms with E-state index < -0.39 is 0 Å². The molecule has 120 valence electrons. The number of fused-ring (bicyclic) bond motifs is 1. The van der Waals surface area contributed by atoms with E-state index >= 15 is 0 Å². The van der Waals surface area contributed by atoms with E-state index in [1.54, 1.807) is 0 Å². The Morgan fingerprint density at radius 1 is 1.22 bits per heavy atom. The van der Waals surface area contributed by atoms with E-state index in [1.165, 1.54) is 17.4 Å². The zero-order valence-electron chi connectivity index (χ0n) is 13.2. The maximum Gasteiger partial charge on any atom is 0.223 e. The van der Waals surface area contributed by atoms with Crippen LogP contribution in [0.25, 0.3) is 10.9 Å². The van der Waals surface area contributed by atoms with Gasteiger partial charge in [0.25, 0.3) is 0 Å². The Balaban J connectivity index is 1.49. The Kier molecular flexibility index (Phi) is 4.00. The maximum absolute atomic E-state index is 12.2. The molecule has 0 unspecified atom stereocenters. The van der Waals surface area contributed by atoms with E-state index in [9.17, 15) is 4.79 Å². The second-order valence-electron chi connectivity index (χ2n) is 6.73. The number of para-hydroxylation sites is 1. The van der Waals surface area contributed by atoms with Crippen LogP contribution >= 0.6 is 0 Å². The number of benzene rings is 1. The molecule has 2 aliphatic rings. The first-order valence-corrected chi connectivity index (χ1v) is 8.52. The molecule has 1 aromatic heterocycles. The fraction of sp³-hybridized carbons (Fsp3) is 0.474. The van der Waals surface area contributed by atoms with Crippen molar-refractivity contribution >= 4 is 16.8 Å². The van der Waals surface area contributed by atoms with Gasteiger partial charge in [-0.1, -0.05) is 24.6 Å². The second-order valence-corrected chi connectivity index (χ2v) is 6.73. The molecule has 1 N–H and O–H groups in total. The first-order valence-electron chi connectivity index (χ1n) is 8.52. The van der Waals surface area contributed by atoms with E-state index in [-0.39, 0.29) is 17.9 Å². The number of aromatic nitrogens is 1. The summed E-state index contributed by atoms with van der Waals surface area (Å²) in [6.45, 7) is 1.35. The standard InChI is InChI=1S/C19H22N2O2/c22-19(13-4-3-5-13)21-18-12-23-11-15(18)10-14-8-9-20-17-7-2-1-6-16(14)17/h1-2,6-9,13,15,18H,3-5,10-12H2,(H,21,22)/t15-,18-/m1/s1. The van der Waals surface area contributed by atoms with Crippen LogP contribution in [0, 0.1) is 11.8 Å². The van der Waals surface area contributed by atoms with E-state index in [2.05, 4.69) is 28.5 Å². The summed E-state index contributed by atoms with van der Waals surface area (Å²) in [5.74, 6) is 0.791. The van der Waals surface area contributed by atoms with E-state index in [0.29, 0.717) is 19.1 Å². The molecule has 1 aliphatic carbocycles. The van der Waals surface area contributed by atoms with Crippen molar-refractivity contribution < 1.29 is 9.53 Å². The molecule has 1 saturated carbocycles. The van der Waals surface area contributed by atoms with Crippen molar-refractivity contribution in [3.8, 4) is 0 Å². The molecule has 0 spiro atoms. The topological polar surface area (TPSA) is 51.2 Å². The number of rotatable bonds is 4. The third kappa shape index (κ3) is 2.95. The molecule has 4 heteroatoms. The SMILES string of the molecule is O=C(N[C@@H]1COC[C@H]1Cc1ccnc2ccccc12)C1CCC1. The highest BCUT2D eigenvalue weighted by Gasteiger charge is 2.33. The predicted molar refractivity (Wildman–Crippen MR) is 89.0 cm³/mol. The molecule has 1 aromatic carbocycles. The lowest BCUT2D eigenvalue weighted by Gasteiger charge is -2.27. The van der Waals surface area contributed by atoms with Gasteiger partial charge in [0.1, 0.15) is 0 Å². The van der Waals surface area contributed by atoms with Crippen LogP contribution in [0.15, 0.2) is 36.5 Å². The van der Waals surface area contributed by atoms with E-state index in [0.717, 1.165) is 24.8 Å². The minimum Gasteiger partial charge on any atom is -0.379 e. The molecule has 0 bridgehead atoms. The molecular formula is C19H22N2O2. The van der Waals surface area contributed by atoms with Gasteiger partial charge >= 0.3 is 0 Å². The molecule has 1 saturated heterocycles. The summed E-state index contributed by atoms with van der Waals surface area (Å²) in [7, 11) is 0. The first-order chi connectivity index (χ1) is 11.3. The summed E-state index contributed by atoms with van der Waals surface area (Å²) in [5, 5.41) is 4.42. The minimum absolute atomic E-state index is 0.134. The molecule has 0 radical (unpaired) electrons. The zero-order valence-corrected chi connectivity index (χ0v) is 13.2. The quantitative estimate of drug-likeness (QED) is 0.944. The van der Waals surface area contributed by atoms with Crippen molar-refractivity contribution in [3.63, 3.8) is 0 Å². The minimum atomic E-state index is 0.134. The fourth-order valence-corrected chi connectivity index (χ4v) is 3.55. The Bertz CT molecular complexity index is 706. The summed E-state index contributed by atoms with van der Waals surface area (Å²) >= 11 is 0. The summed E-state index contributed by atoms with van der Waals surface area (Å²) in [6, 6.07) is 10.4. The predicted octanol–water partition coefficient (Wildman–Crippen LogP) is 2.71. The monoisotopic (exact) mass is 310 g/mol. The Morgan fingerprint density at radius 2 is 2.09 bits per heavy atom. The van der Waals surface area contributed by atoms with Crippen molar-refractivity contribution in [1.82, 2.24) is 10.3 Å². The van der Waals surface area contributed by atoms with Crippen LogP contribution in [0.5, 0.6) is 0 Å². The van der Waals surface area contributed by atoms with Gasteiger partial charge in [-0.05, 0) is 37.0 Å². The second kappa shape index (κ2) is 6.28. The molecule has 1 amide bonds. The lowest BCUT2D eigenvalue weighted by atomic mass is 9.84. The highest BCUT2D eigenvalue weighted by atomic mass is 16.5. The maximum atomic E-state index is 12.2. The zero-order chi connectivity index (χ0) is 15.6. The number of hydrogen-bond acceptors (Lipinski definition) is 3. The molecule has 2 aromatic rings. The normalized spacial score (nSPS) is 24.5. The van der Waals surface area contributed by atoms with Gasteiger partial charge in [-0.15, -0.1) is 0 Å². The Labute approximate surface area is 136 Å². The molecule has 2 fully saturated rings. The van der Waals surface area contributed by atoms with Crippen LogP contribution < -0.4 is 5.32 Å². The molecule has 1 aliphatic heterocycles. The summed E-state index contributed by atoms with van der Waals surface area (Å²) < 4.78 is 5.66. The van der Waals surface area contributed by atoms with Gasteiger partial charge in [0.05, 0.1) is 24.8 Å². The average molecular weight is 310 g/mol. The molecule has 2 heterocycles. The van der Waals surface area contributed by atoms with Crippen molar-refractivity contribution in [2.24, 2.45) is 11.8 Å². The number of ether oxygens (including phenoxy) is 1. The summed E-state index contributed by atoms with van der Waals surface area (Å²) in [5.41, 5.74) is 2.31. The van der Waals surface area contributed by atoms with Crippen LogP contribution in [-0.2, 0) is 16.0 Å². The van der Waals surface area contributed by atoms with Gasteiger partial charge in [0, 0.05) is 23.4 Å². The fourth-order valence-electron chi connectivity index (χ4n) is 3.55. The number of hydrogen-bond donors (Lipinski definition) is 1. The number of nitrogens with one attached hydrogen (secondary N) is 1. The molecular weight excluding hydrogens is 288 g/mol. The van der Waals surface area contributed by atoms with Crippen molar-refractivity contribution in [2.45, 2.75) is 31.7 Å². The van der Waals surface area contributed by atoms with Gasteiger partial charge in [-0.25, -0.2) is 0 Å². The lowest BCUT2D eigenvalue weighted by Crippen LogP contribution is -2.45. The molecule has 2 atom stereocenters. The lowest BCUT2D eigenvalue weighted by molar-refractivity contribution is -0.128. The summed E-state index contributed by atoms with van der Waals surface area (Å²) in [6.07, 6.45) is 6.05. The molecule has 4 nitrogen and oxygen atoms in total. The van der Waals surface area contributed by atoms with Gasteiger partial charge in [-0.3, -0.25) is 9.78 Å². The Hall–Kier alpha value is -1.94. The van der Waals surface area contributed by atoms with Crippen molar-refractivity contribution in [2.75, 3.05) is 13.2 Å². The van der Waals surface area contributed by atoms with Crippen LogP contribution in [0.4, 0.5) is 0 Å². The number of pyridine rings is 1. The summed E-state index contributed by atoms with van der Waals surface area (Å²) in [4.78, 5) is 16.6. The van der Waals surface area contributed by atoms with Crippen LogP contribution in [0.3, 0.4) is 0 Å². The van der Waals surface area contributed by atoms with E-state index in [1.807, 2.05) is 18.3 Å². The molecule has 4 rings (SSSR count). The first kappa shape index (κ1) is 14.6. The van der Waals surface area contributed by atoms with Gasteiger partial charge < -0.3 is 10.1 Å². The van der Waals surface area contributed by atoms with Crippen LogP contribution in [0.1, 0.15) is 24.8 Å². The number of carbonyl (C=O) groups is 1. The van der Waals surface area contributed by atoms with Crippen LogP contribution in [-0.4, -0.2) is 30.1 Å². The smallest absolute Gasteiger partial charge is 0.223 e. The number of nitrogens with zero attached hydrogens (tertiary/aromatic N) is 1. The third-order valence-electron chi connectivity index (χ3n) is 5.22. The Morgan fingerprint density at radius 3 is 2.91 bits per heavy atom. The molecule has 23 heavy (non-hydrogen) atoms. The number of amides is 1. The van der Waals surface area contributed by atoms with Gasteiger partial charge in [0.15, 0.2) is 0 Å². The third-order valence-corrected chi connectivity index (χ3v) is 5.22.